The summed E-state index contributed by atoms with van der Waals surface area (Å²) in [5.74, 6) is -0.355. The van der Waals surface area contributed by atoms with Crippen LogP contribution in [-0.4, -0.2) is 23.2 Å². The van der Waals surface area contributed by atoms with Crippen molar-refractivity contribution in [1.82, 2.24) is 4.98 Å². The molecule has 0 aliphatic rings. The summed E-state index contributed by atoms with van der Waals surface area (Å²) in [5.41, 5.74) is 0.232. The van der Waals surface area contributed by atoms with Crippen molar-refractivity contribution in [2.24, 2.45) is 0 Å². The van der Waals surface area contributed by atoms with Gasteiger partial charge in [0.25, 0.3) is 0 Å². The van der Waals surface area contributed by atoms with E-state index >= 15 is 0 Å². The normalized spacial score (nSPS) is 10.2. The van der Waals surface area contributed by atoms with Gasteiger partial charge in [-0.05, 0) is 46.3 Å². The van der Waals surface area contributed by atoms with Gasteiger partial charge in [-0.25, -0.2) is 9.78 Å². The minimum absolute atomic E-state index is 0.232. The fourth-order valence-electron chi connectivity index (χ4n) is 1.43. The fourth-order valence-corrected chi connectivity index (χ4v) is 2.57. The molecule has 0 aliphatic heterocycles. The molecule has 98 valence electrons. The molecule has 0 radical (unpaired) electrons. The first kappa shape index (κ1) is 13.9. The molecule has 1 heterocycles. The highest BCUT2D eigenvalue weighted by Gasteiger charge is 2.13. The lowest BCUT2D eigenvalue weighted by Crippen LogP contribution is -1.99. The van der Waals surface area contributed by atoms with Crippen molar-refractivity contribution in [3.8, 4) is 5.75 Å². The highest BCUT2D eigenvalue weighted by atomic mass is 79.9. The minimum atomic E-state index is -0.970. The molecule has 0 amide bonds. The minimum Gasteiger partial charge on any atom is -0.497 e. The van der Waals surface area contributed by atoms with Crippen LogP contribution in [0.3, 0.4) is 0 Å². The molecule has 1 N–H and O–H groups in total. The van der Waals surface area contributed by atoms with Gasteiger partial charge in [-0.2, -0.15) is 0 Å². The van der Waals surface area contributed by atoms with E-state index in [4.69, 9.17) is 9.84 Å². The van der Waals surface area contributed by atoms with E-state index in [2.05, 4.69) is 20.9 Å². The molecule has 0 unspecified atom stereocenters. The summed E-state index contributed by atoms with van der Waals surface area (Å²) in [6.07, 6.45) is 1.67. The number of hydrogen-bond acceptors (Lipinski definition) is 4. The molecule has 4 nitrogen and oxygen atoms in total. The van der Waals surface area contributed by atoms with Crippen LogP contribution in [0.15, 0.2) is 50.9 Å². The summed E-state index contributed by atoms with van der Waals surface area (Å²) >= 11 is 4.59. The average molecular weight is 340 g/mol. The lowest BCUT2D eigenvalue weighted by Gasteiger charge is -2.07. The zero-order valence-electron chi connectivity index (χ0n) is 9.96. The highest BCUT2D eigenvalue weighted by Crippen LogP contribution is 2.32. The fraction of sp³-hybridized carbons (Fsp3) is 0.0769. The lowest BCUT2D eigenvalue weighted by molar-refractivity contribution is 0.0693. The van der Waals surface area contributed by atoms with Crippen molar-refractivity contribution in [3.63, 3.8) is 0 Å². The summed E-state index contributed by atoms with van der Waals surface area (Å²) in [5, 5.41) is 9.89. The molecule has 1 aromatic carbocycles. The summed E-state index contributed by atoms with van der Waals surface area (Å²) in [6, 6.07) is 8.53. The predicted molar refractivity (Wildman–Crippen MR) is 76.0 cm³/mol. The largest absolute Gasteiger partial charge is 0.497 e. The first-order chi connectivity index (χ1) is 9.10. The molecule has 1 aromatic heterocycles. The number of pyridine rings is 1. The van der Waals surface area contributed by atoms with Crippen LogP contribution in [0.5, 0.6) is 5.75 Å². The smallest absolute Gasteiger partial charge is 0.336 e. The van der Waals surface area contributed by atoms with Gasteiger partial charge in [0.2, 0.25) is 0 Å². The number of nitrogens with zero attached hydrogens (tertiary/aromatic N) is 1. The molecule has 0 saturated carbocycles. The van der Waals surface area contributed by atoms with Crippen LogP contribution < -0.4 is 4.74 Å². The van der Waals surface area contributed by atoms with Gasteiger partial charge in [0.1, 0.15) is 10.8 Å². The second-order valence-corrected chi connectivity index (χ2v) is 5.56. The monoisotopic (exact) mass is 339 g/mol. The molecule has 0 bridgehead atoms. The van der Waals surface area contributed by atoms with E-state index in [1.54, 1.807) is 25.4 Å². The summed E-state index contributed by atoms with van der Waals surface area (Å²) in [7, 11) is 1.54. The van der Waals surface area contributed by atoms with Gasteiger partial charge in [-0.15, -0.1) is 0 Å². The molecule has 0 aliphatic carbocycles. The van der Waals surface area contributed by atoms with E-state index in [1.165, 1.54) is 17.8 Å². The topological polar surface area (TPSA) is 59.4 Å². The Balaban J connectivity index is 2.36. The Morgan fingerprint density at radius 1 is 1.37 bits per heavy atom. The zero-order chi connectivity index (χ0) is 13.8. The van der Waals surface area contributed by atoms with Crippen LogP contribution in [0, 0.1) is 0 Å². The SMILES string of the molecule is COc1ccc(C(=O)O)c(Sc2ccc(Br)cn2)c1. The molecule has 2 rings (SSSR count). The van der Waals surface area contributed by atoms with E-state index in [0.29, 0.717) is 10.6 Å². The van der Waals surface area contributed by atoms with E-state index < -0.39 is 5.97 Å². The van der Waals surface area contributed by atoms with Crippen molar-refractivity contribution >= 4 is 33.7 Å². The molecule has 0 saturated heterocycles. The number of aromatic carboxylic acids is 1. The highest BCUT2D eigenvalue weighted by molar-refractivity contribution is 9.10. The lowest BCUT2D eigenvalue weighted by atomic mass is 10.2. The Morgan fingerprint density at radius 3 is 2.74 bits per heavy atom. The number of carbonyl (C=O) groups is 1. The Kier molecular flexibility index (Phi) is 4.44. The first-order valence-electron chi connectivity index (χ1n) is 5.31. The number of aromatic nitrogens is 1. The van der Waals surface area contributed by atoms with E-state index in [1.807, 2.05) is 12.1 Å². The molecule has 0 spiro atoms. The Bertz CT molecular complexity index is 601. The Hall–Kier alpha value is -1.53. The van der Waals surface area contributed by atoms with E-state index in [0.717, 1.165) is 9.50 Å². The number of benzene rings is 1. The van der Waals surface area contributed by atoms with Gasteiger partial charge < -0.3 is 9.84 Å². The number of rotatable bonds is 4. The summed E-state index contributed by atoms with van der Waals surface area (Å²) in [6.45, 7) is 0. The average Bonchev–Trinajstić information content (AvgIpc) is 2.41. The van der Waals surface area contributed by atoms with Crippen LogP contribution in [0.2, 0.25) is 0 Å². The van der Waals surface area contributed by atoms with Crippen molar-refractivity contribution in [2.75, 3.05) is 7.11 Å². The third-order valence-corrected chi connectivity index (χ3v) is 3.81. The van der Waals surface area contributed by atoms with E-state index in [9.17, 15) is 4.79 Å². The van der Waals surface area contributed by atoms with Crippen molar-refractivity contribution in [2.45, 2.75) is 9.92 Å². The van der Waals surface area contributed by atoms with Crippen LogP contribution in [-0.2, 0) is 0 Å². The van der Waals surface area contributed by atoms with Gasteiger partial charge in [0.15, 0.2) is 0 Å². The van der Waals surface area contributed by atoms with Gasteiger partial charge in [-0.3, -0.25) is 0 Å². The summed E-state index contributed by atoms with van der Waals surface area (Å²) in [4.78, 5) is 16.0. The van der Waals surface area contributed by atoms with Gasteiger partial charge in [0, 0.05) is 15.6 Å². The molecule has 2 aromatic rings. The van der Waals surface area contributed by atoms with Gasteiger partial charge >= 0.3 is 5.97 Å². The zero-order valence-corrected chi connectivity index (χ0v) is 12.4. The summed E-state index contributed by atoms with van der Waals surface area (Å²) < 4.78 is 5.99. The molecule has 6 heteroatoms. The molecular weight excluding hydrogens is 330 g/mol. The van der Waals surface area contributed by atoms with Crippen LogP contribution in [0.25, 0.3) is 0 Å². The van der Waals surface area contributed by atoms with Crippen molar-refractivity contribution < 1.29 is 14.6 Å². The van der Waals surface area contributed by atoms with Gasteiger partial charge in [0.05, 0.1) is 12.7 Å². The maximum atomic E-state index is 11.2. The number of ether oxygens (including phenoxy) is 1. The van der Waals surface area contributed by atoms with Crippen molar-refractivity contribution in [3.05, 3.63) is 46.6 Å². The first-order valence-corrected chi connectivity index (χ1v) is 6.92. The third kappa shape index (κ3) is 3.48. The van der Waals surface area contributed by atoms with E-state index in [-0.39, 0.29) is 5.56 Å². The molecule has 19 heavy (non-hydrogen) atoms. The standard InChI is InChI=1S/C13H10BrNO3S/c1-18-9-3-4-10(13(16)17)11(6-9)19-12-5-2-8(14)7-15-12/h2-7H,1H3,(H,16,17). The van der Waals surface area contributed by atoms with Gasteiger partial charge in [-0.1, -0.05) is 11.8 Å². The second kappa shape index (κ2) is 6.08. The van der Waals surface area contributed by atoms with Crippen LogP contribution in [0.4, 0.5) is 0 Å². The van der Waals surface area contributed by atoms with Crippen molar-refractivity contribution in [1.29, 1.82) is 0 Å². The number of methoxy groups -OCH3 is 1. The number of carboxylic acid groups (broad SMARTS) is 1. The maximum Gasteiger partial charge on any atom is 0.336 e. The Labute approximate surface area is 122 Å². The second-order valence-electron chi connectivity index (χ2n) is 3.58. The number of hydrogen-bond donors (Lipinski definition) is 1. The molecule has 0 atom stereocenters. The molecule has 0 fully saturated rings. The third-order valence-electron chi connectivity index (χ3n) is 2.33. The molecular formula is C13H10BrNO3S. The quantitative estimate of drug-likeness (QED) is 0.920. The van der Waals surface area contributed by atoms with Crippen LogP contribution >= 0.6 is 27.7 Å². The Morgan fingerprint density at radius 2 is 2.16 bits per heavy atom. The van der Waals surface area contributed by atoms with Crippen LogP contribution in [0.1, 0.15) is 10.4 Å². The maximum absolute atomic E-state index is 11.2. The predicted octanol–water partition coefficient (Wildman–Crippen LogP) is 3.70. The number of carboxylic acids is 1. The number of halogens is 1.